The van der Waals surface area contributed by atoms with Crippen LogP contribution in [0.2, 0.25) is 0 Å². The summed E-state index contributed by atoms with van der Waals surface area (Å²) >= 11 is 1.22. The van der Waals surface area contributed by atoms with E-state index in [0.717, 1.165) is 18.4 Å². The van der Waals surface area contributed by atoms with Crippen molar-refractivity contribution in [2.75, 3.05) is 11.1 Å². The van der Waals surface area contributed by atoms with Gasteiger partial charge in [-0.3, -0.25) is 4.79 Å². The Bertz CT molecular complexity index is 1030. The van der Waals surface area contributed by atoms with Gasteiger partial charge in [0.15, 0.2) is 0 Å². The molecule has 0 radical (unpaired) electrons. The summed E-state index contributed by atoms with van der Waals surface area (Å²) in [5.74, 6) is -0.245. The molecule has 0 spiro atoms. The number of hydrogen-bond donors (Lipinski definition) is 2. The molecule has 2 heterocycles. The van der Waals surface area contributed by atoms with E-state index in [1.165, 1.54) is 30.6 Å². The largest absolute Gasteiger partial charge is 0.396 e. The molecule has 142 valence electrons. The summed E-state index contributed by atoms with van der Waals surface area (Å²) in [6.45, 7) is 0. The molecule has 3 aromatic rings. The predicted octanol–water partition coefficient (Wildman–Crippen LogP) is 4.83. The molecule has 0 aliphatic heterocycles. The number of carbonyl (C=O) groups is 1. The highest BCUT2D eigenvalue weighted by Gasteiger charge is 2.26. The molecule has 6 nitrogen and oxygen atoms in total. The molecule has 1 saturated carbocycles. The van der Waals surface area contributed by atoms with Gasteiger partial charge in [-0.1, -0.05) is 54.8 Å². The summed E-state index contributed by atoms with van der Waals surface area (Å²) in [5.41, 5.74) is 8.12. The van der Waals surface area contributed by atoms with Crippen LogP contribution in [0, 0.1) is 11.3 Å². The highest BCUT2D eigenvalue weighted by molar-refractivity contribution is 7.19. The van der Waals surface area contributed by atoms with Crippen LogP contribution in [0.25, 0.3) is 11.3 Å². The second-order valence-electron chi connectivity index (χ2n) is 6.91. The summed E-state index contributed by atoms with van der Waals surface area (Å²) in [4.78, 5) is 13.3. The van der Waals surface area contributed by atoms with E-state index < -0.39 is 0 Å². The van der Waals surface area contributed by atoms with E-state index in [0.29, 0.717) is 27.2 Å². The fraction of sp³-hybridized carbons (Fsp3) is 0.286. The minimum Gasteiger partial charge on any atom is -0.396 e. The normalized spacial score (nSPS) is 14.5. The van der Waals surface area contributed by atoms with Gasteiger partial charge in [0.05, 0.1) is 5.69 Å². The van der Waals surface area contributed by atoms with Crippen molar-refractivity contribution in [3.8, 4) is 17.3 Å². The van der Waals surface area contributed by atoms with Gasteiger partial charge in [-0.25, -0.2) is 0 Å². The first-order valence-electron chi connectivity index (χ1n) is 9.33. The van der Waals surface area contributed by atoms with Crippen molar-refractivity contribution in [2.45, 2.75) is 38.1 Å². The molecule has 0 saturated heterocycles. The van der Waals surface area contributed by atoms with Gasteiger partial charge in [0.2, 0.25) is 11.5 Å². The Morgan fingerprint density at radius 1 is 1.25 bits per heavy atom. The van der Waals surface area contributed by atoms with Gasteiger partial charge in [0, 0.05) is 17.7 Å². The van der Waals surface area contributed by atoms with Gasteiger partial charge in [-0.05, 0) is 12.8 Å². The quantitative estimate of drug-likeness (QED) is 0.602. The highest BCUT2D eigenvalue weighted by Crippen LogP contribution is 2.38. The Morgan fingerprint density at radius 3 is 2.71 bits per heavy atom. The molecule has 1 fully saturated rings. The van der Waals surface area contributed by atoms with Gasteiger partial charge in [0.25, 0.3) is 0 Å². The van der Waals surface area contributed by atoms with Crippen LogP contribution in [0.1, 0.15) is 53.1 Å². The van der Waals surface area contributed by atoms with E-state index in [2.05, 4.69) is 16.5 Å². The number of hydrogen-bond acceptors (Lipinski definition) is 7. The molecule has 0 atom stereocenters. The Balaban J connectivity index is 1.61. The monoisotopic (exact) mass is 392 g/mol. The zero-order chi connectivity index (χ0) is 19.5. The van der Waals surface area contributed by atoms with Crippen molar-refractivity contribution in [3.63, 3.8) is 0 Å². The molecule has 0 bridgehead atoms. The number of benzene rings is 1. The summed E-state index contributed by atoms with van der Waals surface area (Å²) in [6, 6.07) is 13.5. The Hall–Kier alpha value is -3.11. The number of aromatic nitrogens is 1. The average molecular weight is 392 g/mol. The number of nitrogens with two attached hydrogens (primary N) is 1. The van der Waals surface area contributed by atoms with Crippen molar-refractivity contribution in [1.82, 2.24) is 5.16 Å². The third kappa shape index (κ3) is 3.51. The number of nitriles is 1. The van der Waals surface area contributed by atoms with Crippen LogP contribution in [0.3, 0.4) is 0 Å². The van der Waals surface area contributed by atoms with Crippen molar-refractivity contribution in [2.24, 2.45) is 0 Å². The molecular weight excluding hydrogens is 372 g/mol. The van der Waals surface area contributed by atoms with E-state index in [-0.39, 0.29) is 17.2 Å². The first-order chi connectivity index (χ1) is 13.7. The first kappa shape index (κ1) is 18.3. The molecule has 4 rings (SSSR count). The number of nitrogen functional groups attached to an aromatic ring is 1. The van der Waals surface area contributed by atoms with Crippen molar-refractivity contribution < 1.29 is 9.32 Å². The Kier molecular flexibility index (Phi) is 5.13. The van der Waals surface area contributed by atoms with Gasteiger partial charge in [0.1, 0.15) is 27.2 Å². The van der Waals surface area contributed by atoms with Crippen LogP contribution in [-0.2, 0) is 0 Å². The van der Waals surface area contributed by atoms with Crippen molar-refractivity contribution >= 4 is 27.8 Å². The minimum atomic E-state index is -0.356. The Morgan fingerprint density at radius 2 is 2.00 bits per heavy atom. The van der Waals surface area contributed by atoms with Crippen molar-refractivity contribution in [3.05, 3.63) is 52.6 Å². The number of thiophene rings is 1. The lowest BCUT2D eigenvalue weighted by Gasteiger charge is -2.23. The molecule has 1 aromatic carbocycles. The third-order valence-corrected chi connectivity index (χ3v) is 6.14. The predicted molar refractivity (Wildman–Crippen MR) is 109 cm³/mol. The molecule has 0 unspecified atom stereocenters. The highest BCUT2D eigenvalue weighted by atomic mass is 32.1. The molecular formula is C21H20N4O2S. The summed E-state index contributed by atoms with van der Waals surface area (Å²) in [5, 5.41) is 17.6. The van der Waals surface area contributed by atoms with E-state index in [4.69, 9.17) is 10.3 Å². The van der Waals surface area contributed by atoms with E-state index in [9.17, 15) is 10.1 Å². The lowest BCUT2D eigenvalue weighted by molar-refractivity contribution is 0.100. The lowest BCUT2D eigenvalue weighted by Crippen LogP contribution is -2.22. The van der Waals surface area contributed by atoms with Crippen molar-refractivity contribution in [1.29, 1.82) is 5.26 Å². The number of nitrogens with zero attached hydrogens (tertiary/aromatic N) is 2. The van der Waals surface area contributed by atoms with Gasteiger partial charge < -0.3 is 15.6 Å². The standard InChI is InChI=1S/C21H20N4O2S/c22-12-15-18(23)20(28-21(15)24-14-9-5-2-6-10-14)19(26)17-11-16(25-27-17)13-7-3-1-4-8-13/h1,3-4,7-8,11,14,24H,2,5-6,9-10,23H2. The fourth-order valence-electron chi connectivity index (χ4n) is 3.50. The van der Waals surface area contributed by atoms with Crippen LogP contribution in [0.5, 0.6) is 0 Å². The number of nitrogens with one attached hydrogen (secondary N) is 1. The fourth-order valence-corrected chi connectivity index (χ4v) is 4.59. The van der Waals surface area contributed by atoms with E-state index in [1.807, 2.05) is 30.3 Å². The second kappa shape index (κ2) is 7.87. The maximum absolute atomic E-state index is 12.9. The van der Waals surface area contributed by atoms with Crippen LogP contribution >= 0.6 is 11.3 Å². The number of ketones is 1. The lowest BCUT2D eigenvalue weighted by atomic mass is 9.95. The smallest absolute Gasteiger partial charge is 0.243 e. The minimum absolute atomic E-state index is 0.112. The van der Waals surface area contributed by atoms with E-state index >= 15 is 0 Å². The first-order valence-corrected chi connectivity index (χ1v) is 10.1. The van der Waals surface area contributed by atoms with Gasteiger partial charge in [-0.15, -0.1) is 11.3 Å². The number of anilines is 2. The zero-order valence-electron chi connectivity index (χ0n) is 15.3. The maximum Gasteiger partial charge on any atom is 0.243 e. The maximum atomic E-state index is 12.9. The third-order valence-electron chi connectivity index (χ3n) is 5.01. The van der Waals surface area contributed by atoms with Crippen LogP contribution < -0.4 is 11.1 Å². The SMILES string of the molecule is N#Cc1c(NC2CCCCC2)sc(C(=O)c2cc(-c3ccccc3)no2)c1N. The summed E-state index contributed by atoms with van der Waals surface area (Å²) in [7, 11) is 0. The second-order valence-corrected chi connectivity index (χ2v) is 7.93. The summed E-state index contributed by atoms with van der Waals surface area (Å²) in [6.07, 6.45) is 5.72. The topological polar surface area (TPSA) is 105 Å². The van der Waals surface area contributed by atoms with Crippen LogP contribution in [-0.4, -0.2) is 17.0 Å². The molecule has 28 heavy (non-hydrogen) atoms. The molecule has 2 aromatic heterocycles. The number of rotatable bonds is 5. The summed E-state index contributed by atoms with van der Waals surface area (Å²) < 4.78 is 5.27. The van der Waals surface area contributed by atoms with E-state index in [1.54, 1.807) is 6.07 Å². The molecule has 1 aliphatic carbocycles. The van der Waals surface area contributed by atoms with Gasteiger partial charge in [-0.2, -0.15) is 5.26 Å². The van der Waals surface area contributed by atoms with Crippen LogP contribution in [0.15, 0.2) is 40.9 Å². The number of carbonyl (C=O) groups excluding carboxylic acids is 1. The average Bonchev–Trinajstić information content (AvgIpc) is 3.34. The zero-order valence-corrected chi connectivity index (χ0v) is 16.1. The molecule has 3 N–H and O–H groups in total. The van der Waals surface area contributed by atoms with Crippen LogP contribution in [0.4, 0.5) is 10.7 Å². The van der Waals surface area contributed by atoms with Gasteiger partial charge >= 0.3 is 0 Å². The molecule has 1 aliphatic rings. The Labute approximate surface area is 167 Å². The molecule has 7 heteroatoms. The molecule has 0 amide bonds.